The van der Waals surface area contributed by atoms with Crippen LogP contribution in [0.25, 0.3) is 72.3 Å². The van der Waals surface area contributed by atoms with Gasteiger partial charge in [-0.1, -0.05) is 6.92 Å². The molecule has 0 radical (unpaired) electrons. The van der Waals surface area contributed by atoms with Crippen molar-refractivity contribution in [2.75, 3.05) is 0 Å². The van der Waals surface area contributed by atoms with E-state index in [-0.39, 0.29) is 5.41 Å². The molecule has 10 aromatic rings. The molecule has 0 saturated heterocycles. The molecule has 5 nitrogen and oxygen atoms in total. The van der Waals surface area contributed by atoms with Crippen LogP contribution >= 0.6 is 0 Å². The maximum atomic E-state index is 6.86. The molecule has 3 heterocycles. The Morgan fingerprint density at radius 1 is 0.594 bits per heavy atom. The molecule has 0 aliphatic heterocycles. The topological polar surface area (TPSA) is 36.9 Å². The Morgan fingerprint density at radius 3 is 1.94 bits per heavy atom. The van der Waals surface area contributed by atoms with Crippen molar-refractivity contribution in [1.82, 2.24) is 18.7 Å². The van der Waals surface area contributed by atoms with Crippen molar-refractivity contribution in [2.24, 2.45) is 5.92 Å². The SMILES string of the molecule is Cc1ccnc(-n2c3cc(Oc4cccc(-n5[c](=[Pt])n(-c6c(-c7ccccc7)cc(C(C)(C)C)cc6-c6ccccc6)c6ccccc65)c4)ccc3c3cc4c(cc32)CCC(C)C4)c1. The van der Waals surface area contributed by atoms with Gasteiger partial charge in [0, 0.05) is 6.20 Å². The molecule has 1 atom stereocenters. The second kappa shape index (κ2) is 15.9. The van der Waals surface area contributed by atoms with E-state index in [1.807, 2.05) is 6.20 Å². The summed E-state index contributed by atoms with van der Waals surface area (Å²) in [6, 6.07) is 59.3. The van der Waals surface area contributed by atoms with Crippen LogP contribution in [0.5, 0.6) is 11.5 Å². The first kappa shape index (κ1) is 40.2. The van der Waals surface area contributed by atoms with Gasteiger partial charge in [-0.2, -0.15) is 0 Å². The Labute approximate surface area is 385 Å². The molecule has 64 heavy (non-hydrogen) atoms. The molecule has 6 heteroatoms. The number of benzene rings is 7. The molecule has 0 saturated carbocycles. The minimum absolute atomic E-state index is 0.0607. The number of para-hydroxylation sites is 2. The molecule has 11 rings (SSSR count). The number of aromatic nitrogens is 4. The third kappa shape index (κ3) is 7.07. The second-order valence-electron chi connectivity index (χ2n) is 18.6. The minimum Gasteiger partial charge on any atom is -0.0622 e. The molecule has 7 aromatic carbocycles. The quantitative estimate of drug-likeness (QED) is 0.160. The third-order valence-corrected chi connectivity index (χ3v) is 14.1. The molecular weight excluding hydrogens is 964 g/mol. The number of hydrogen-bond donors (Lipinski definition) is 0. The van der Waals surface area contributed by atoms with Gasteiger partial charge in [0.05, 0.1) is 0 Å². The number of hydrogen-bond acceptors (Lipinski definition) is 2. The standard InChI is InChI=1S/C58H50N4O.Pt/c1-38-23-24-42-32-54-51(31-43(42)29-38)48-26-25-47(36-55(48)62(54)56-30-39(2)27-28-59-56)63-46-20-14-19-45(35-46)60-37-61(53-22-13-12-21-52(53)60)57-49(40-15-8-6-9-16-40)33-44(58(3,4)5)34-50(57)41-17-10-7-11-18-41;/h6-22,25-28,30-36,38H,23-24,29H2,1-5H3;. The fourth-order valence-corrected chi connectivity index (χ4v) is 10.9. The Kier molecular flexibility index (Phi) is 10.0. The zero-order valence-electron chi connectivity index (χ0n) is 36.9. The van der Waals surface area contributed by atoms with Gasteiger partial charge in [0.15, 0.2) is 0 Å². The zero-order chi connectivity index (χ0) is 43.7. The molecule has 1 unspecified atom stereocenters. The molecule has 0 fully saturated rings. The van der Waals surface area contributed by atoms with E-state index in [2.05, 4.69) is 231 Å². The first-order valence-corrected chi connectivity index (χ1v) is 23.5. The number of rotatable bonds is 7. The summed E-state index contributed by atoms with van der Waals surface area (Å²) in [5.41, 5.74) is 16.8. The van der Waals surface area contributed by atoms with E-state index in [0.717, 1.165) is 61.9 Å². The maximum absolute atomic E-state index is 6.86. The van der Waals surface area contributed by atoms with Crippen LogP contribution in [0.4, 0.5) is 0 Å². The summed E-state index contributed by atoms with van der Waals surface area (Å²) in [5.74, 6) is 3.16. The van der Waals surface area contributed by atoms with Crippen molar-refractivity contribution in [3.05, 3.63) is 196 Å². The third-order valence-electron chi connectivity index (χ3n) is 13.0. The van der Waals surface area contributed by atoms with E-state index < -0.39 is 0 Å². The number of pyridine rings is 1. The van der Waals surface area contributed by atoms with Gasteiger partial charge < -0.3 is 0 Å². The number of aryl methyl sites for hydroxylation is 2. The Hall–Kier alpha value is -6.55. The summed E-state index contributed by atoms with van der Waals surface area (Å²) in [5, 5.41) is 2.47. The number of fused-ring (bicyclic) bond motifs is 5. The zero-order valence-corrected chi connectivity index (χ0v) is 39.2. The summed E-state index contributed by atoms with van der Waals surface area (Å²) < 4.78 is 15.1. The van der Waals surface area contributed by atoms with Gasteiger partial charge in [-0.25, -0.2) is 0 Å². The smallest absolute Gasteiger partial charge is 0.0622 e. The first-order valence-electron chi connectivity index (χ1n) is 22.4. The Bertz CT molecular complexity index is 3420. The summed E-state index contributed by atoms with van der Waals surface area (Å²) in [6.45, 7) is 11.4. The van der Waals surface area contributed by atoms with Gasteiger partial charge in [-0.15, -0.1) is 0 Å². The average Bonchev–Trinajstić information content (AvgIpc) is 3.77. The van der Waals surface area contributed by atoms with Crippen LogP contribution in [0.3, 0.4) is 0 Å². The fourth-order valence-electron chi connectivity index (χ4n) is 9.76. The van der Waals surface area contributed by atoms with Crippen molar-refractivity contribution in [3.63, 3.8) is 0 Å². The summed E-state index contributed by atoms with van der Waals surface area (Å²) >= 11 is 2.53. The molecule has 0 spiro atoms. The van der Waals surface area contributed by atoms with E-state index >= 15 is 0 Å². The molecule has 318 valence electrons. The van der Waals surface area contributed by atoms with Crippen molar-refractivity contribution in [3.8, 4) is 50.9 Å². The van der Waals surface area contributed by atoms with E-state index in [1.165, 1.54) is 67.2 Å². The van der Waals surface area contributed by atoms with Gasteiger partial charge in [0.1, 0.15) is 0 Å². The Balaban J connectivity index is 1.06. The summed E-state index contributed by atoms with van der Waals surface area (Å²) in [4.78, 5) is 4.90. The predicted molar refractivity (Wildman–Crippen MR) is 260 cm³/mol. The second-order valence-corrected chi connectivity index (χ2v) is 19.6. The molecule has 1 aliphatic carbocycles. The van der Waals surface area contributed by atoms with Crippen LogP contribution in [-0.2, 0) is 37.6 Å². The van der Waals surface area contributed by atoms with Gasteiger partial charge in [-0.05, 0) is 54.9 Å². The van der Waals surface area contributed by atoms with Gasteiger partial charge in [-0.3, -0.25) is 0 Å². The first-order chi connectivity index (χ1) is 31.1. The monoisotopic (exact) mass is 1010 g/mol. The number of nitrogens with zero attached hydrogens (tertiary/aromatic N) is 4. The van der Waals surface area contributed by atoms with Crippen LogP contribution in [0, 0.1) is 16.6 Å². The van der Waals surface area contributed by atoms with Crippen molar-refractivity contribution in [1.29, 1.82) is 0 Å². The number of ether oxygens (including phenoxy) is 1. The number of imidazole rings is 1. The minimum atomic E-state index is -0.0607. The molecular formula is C58H50N4OPt. The van der Waals surface area contributed by atoms with E-state index in [0.29, 0.717) is 5.92 Å². The van der Waals surface area contributed by atoms with Gasteiger partial charge in [0.2, 0.25) is 0 Å². The van der Waals surface area contributed by atoms with E-state index in [9.17, 15) is 0 Å². The fraction of sp³-hybridized carbons (Fsp3) is 0.172. The average molecular weight is 1010 g/mol. The molecule has 3 aromatic heterocycles. The molecule has 0 bridgehead atoms. The van der Waals surface area contributed by atoms with Gasteiger partial charge in [0.25, 0.3) is 0 Å². The van der Waals surface area contributed by atoms with Crippen LogP contribution < -0.4 is 4.74 Å². The van der Waals surface area contributed by atoms with Crippen LogP contribution in [0.15, 0.2) is 170 Å². The predicted octanol–water partition coefficient (Wildman–Crippen LogP) is 14.8. The molecule has 0 N–H and O–H groups in total. The summed E-state index contributed by atoms with van der Waals surface area (Å²) in [6.07, 6.45) is 5.38. The van der Waals surface area contributed by atoms with Crippen LogP contribution in [0.1, 0.15) is 56.4 Å². The van der Waals surface area contributed by atoms with E-state index in [4.69, 9.17) is 9.72 Å². The Morgan fingerprint density at radius 2 is 1.25 bits per heavy atom. The van der Waals surface area contributed by atoms with Crippen molar-refractivity contribution in [2.45, 2.75) is 59.3 Å². The van der Waals surface area contributed by atoms with Crippen LogP contribution in [-0.4, -0.2) is 18.7 Å². The van der Waals surface area contributed by atoms with E-state index in [1.54, 1.807) is 0 Å². The molecule has 0 amide bonds. The molecule has 1 aliphatic rings. The van der Waals surface area contributed by atoms with Crippen LogP contribution in [0.2, 0.25) is 0 Å². The van der Waals surface area contributed by atoms with Crippen molar-refractivity contribution < 1.29 is 24.1 Å². The van der Waals surface area contributed by atoms with Crippen molar-refractivity contribution >= 4 is 32.8 Å². The summed E-state index contributed by atoms with van der Waals surface area (Å²) in [7, 11) is 0. The van der Waals surface area contributed by atoms with Gasteiger partial charge >= 0.3 is 320 Å². The normalized spacial score (nSPS) is 14.1.